The molecule has 0 saturated heterocycles. The van der Waals surface area contributed by atoms with E-state index in [-0.39, 0.29) is 12.3 Å². The first-order valence-electron chi connectivity index (χ1n) is 13.4. The Balaban J connectivity index is 1.65. The van der Waals surface area contributed by atoms with Crippen LogP contribution in [0.2, 0.25) is 0 Å². The van der Waals surface area contributed by atoms with Crippen molar-refractivity contribution >= 4 is 35.2 Å². The molecule has 7 heteroatoms. The highest BCUT2D eigenvalue weighted by Crippen LogP contribution is 2.27. The van der Waals surface area contributed by atoms with E-state index in [4.69, 9.17) is 4.42 Å². The highest BCUT2D eigenvalue weighted by molar-refractivity contribution is 7.13. The summed E-state index contributed by atoms with van der Waals surface area (Å²) >= 11 is 1.54. The molecule has 3 N–H and O–H groups in total. The number of furan rings is 1. The summed E-state index contributed by atoms with van der Waals surface area (Å²) in [7, 11) is 0. The molecule has 0 saturated carbocycles. The van der Waals surface area contributed by atoms with E-state index in [1.165, 1.54) is 11.3 Å². The van der Waals surface area contributed by atoms with Gasteiger partial charge in [0.25, 0.3) is 0 Å². The number of rotatable bonds is 11. The van der Waals surface area contributed by atoms with Gasteiger partial charge >= 0.3 is 0 Å². The highest BCUT2D eigenvalue weighted by Gasteiger charge is 2.14. The number of thiazole rings is 1. The Bertz CT molecular complexity index is 1490. The van der Waals surface area contributed by atoms with Crippen LogP contribution < -0.4 is 21.1 Å². The van der Waals surface area contributed by atoms with Gasteiger partial charge in [-0.15, -0.1) is 11.3 Å². The lowest BCUT2D eigenvalue weighted by atomic mass is 10.0. The van der Waals surface area contributed by atoms with Crippen molar-refractivity contribution in [2.75, 3.05) is 11.9 Å². The minimum atomic E-state index is -0.743. The third-order valence-corrected chi connectivity index (χ3v) is 7.43. The van der Waals surface area contributed by atoms with Gasteiger partial charge in [-0.25, -0.2) is 4.98 Å². The Morgan fingerprint density at radius 1 is 1.15 bits per heavy atom. The van der Waals surface area contributed by atoms with E-state index < -0.39 is 5.60 Å². The number of nitrogens with zero attached hydrogens (tertiary/aromatic N) is 1. The average Bonchev–Trinajstić information content (AvgIpc) is 3.60. The molecule has 4 rings (SSSR count). The lowest BCUT2D eigenvalue weighted by Crippen LogP contribution is -2.31. The van der Waals surface area contributed by atoms with Crippen LogP contribution in [0.5, 0.6) is 0 Å². The Morgan fingerprint density at radius 3 is 2.64 bits per heavy atom. The first-order valence-corrected chi connectivity index (χ1v) is 14.2. The van der Waals surface area contributed by atoms with Crippen LogP contribution >= 0.6 is 11.3 Å². The zero-order valence-corrected chi connectivity index (χ0v) is 23.8. The Kier molecular flexibility index (Phi) is 9.38. The van der Waals surface area contributed by atoms with Gasteiger partial charge in [-0.05, 0) is 54.8 Å². The molecule has 0 aliphatic rings. The monoisotopic (exact) mass is 543 g/mol. The molecule has 0 fully saturated rings. The van der Waals surface area contributed by atoms with E-state index >= 15 is 0 Å². The van der Waals surface area contributed by atoms with E-state index in [1.54, 1.807) is 26.4 Å². The van der Waals surface area contributed by atoms with Crippen molar-refractivity contribution in [3.05, 3.63) is 82.6 Å². The number of carbonyl (C=O) groups is 1. The molecular weight excluding hydrogens is 506 g/mol. The minimum absolute atomic E-state index is 0.135. The molecule has 0 bridgehead atoms. The molecule has 4 aromatic rings. The lowest BCUT2D eigenvalue weighted by molar-refractivity contribution is -0.115. The smallest absolute Gasteiger partial charge is 0.230 e. The minimum Gasteiger partial charge on any atom is -0.472 e. The fourth-order valence-electron chi connectivity index (χ4n) is 4.11. The third-order valence-electron chi connectivity index (χ3n) is 6.49. The highest BCUT2D eigenvalue weighted by atomic mass is 32.1. The first-order chi connectivity index (χ1) is 18.7. The van der Waals surface area contributed by atoms with Gasteiger partial charge in [0.15, 0.2) is 0 Å². The molecule has 0 aliphatic carbocycles. The first kappa shape index (κ1) is 28.3. The number of hydrogen-bond acceptors (Lipinski definition) is 6. The average molecular weight is 544 g/mol. The van der Waals surface area contributed by atoms with Gasteiger partial charge in [0.05, 0.1) is 30.2 Å². The molecule has 6 nitrogen and oxygen atoms in total. The lowest BCUT2D eigenvalue weighted by Gasteiger charge is -2.16. The van der Waals surface area contributed by atoms with Crippen molar-refractivity contribution < 1.29 is 14.3 Å². The molecule has 0 aliphatic heterocycles. The molecule has 0 radical (unpaired) electrons. The third kappa shape index (κ3) is 8.15. The molecule has 39 heavy (non-hydrogen) atoms. The predicted molar refractivity (Wildman–Crippen MR) is 161 cm³/mol. The van der Waals surface area contributed by atoms with Gasteiger partial charge < -0.3 is 20.2 Å². The van der Waals surface area contributed by atoms with E-state index in [2.05, 4.69) is 41.6 Å². The maximum Gasteiger partial charge on any atom is 0.230 e. The Morgan fingerprint density at radius 2 is 1.95 bits per heavy atom. The van der Waals surface area contributed by atoms with Crippen LogP contribution in [0, 0.1) is 5.92 Å². The normalized spacial score (nSPS) is 13.5. The second-order valence-electron chi connectivity index (χ2n) is 10.5. The summed E-state index contributed by atoms with van der Waals surface area (Å²) in [6, 6.07) is 16.0. The number of carbonyl (C=O) groups excluding carboxylic acids is 1. The second kappa shape index (κ2) is 12.9. The molecule has 0 spiro atoms. The van der Waals surface area contributed by atoms with Gasteiger partial charge in [0, 0.05) is 40.5 Å². The number of hydrogen-bond donors (Lipinski definition) is 3. The maximum atomic E-state index is 13.2. The fourth-order valence-corrected chi connectivity index (χ4v) is 4.93. The zero-order chi connectivity index (χ0) is 27.8. The molecule has 2 aromatic heterocycles. The SMILES string of the molecule is CCC(C)/C=c1\cc(-c2ccoc2)c(NC(=O)Cc2csc(-c3ccccc3)n2)c\c1=C\NCCC(C)(C)O. The van der Waals surface area contributed by atoms with Crippen LogP contribution in [-0.2, 0) is 11.2 Å². The number of amides is 1. The largest absolute Gasteiger partial charge is 0.472 e. The number of nitrogens with one attached hydrogen (secondary N) is 2. The molecule has 1 unspecified atom stereocenters. The second-order valence-corrected chi connectivity index (χ2v) is 11.3. The topological polar surface area (TPSA) is 87.4 Å². The number of benzene rings is 2. The molecule has 1 amide bonds. The summed E-state index contributed by atoms with van der Waals surface area (Å²) in [6.07, 6.45) is 9.35. The van der Waals surface area contributed by atoms with Crippen LogP contribution in [0.1, 0.15) is 46.2 Å². The van der Waals surface area contributed by atoms with Crippen molar-refractivity contribution in [2.24, 2.45) is 5.92 Å². The van der Waals surface area contributed by atoms with Crippen molar-refractivity contribution in [1.29, 1.82) is 0 Å². The molecule has 1 atom stereocenters. The summed E-state index contributed by atoms with van der Waals surface area (Å²) in [4.78, 5) is 17.9. The van der Waals surface area contributed by atoms with E-state index in [0.29, 0.717) is 24.6 Å². The number of aromatic nitrogens is 1. The fraction of sp³-hybridized carbons (Fsp3) is 0.312. The number of aliphatic hydroxyl groups is 1. The summed E-state index contributed by atoms with van der Waals surface area (Å²) < 4.78 is 5.38. The molecule has 2 aromatic carbocycles. The van der Waals surface area contributed by atoms with Gasteiger partial charge in [-0.2, -0.15) is 0 Å². The Labute approximate surface area is 234 Å². The van der Waals surface area contributed by atoms with E-state index in [1.807, 2.05) is 54.0 Å². The van der Waals surface area contributed by atoms with Crippen molar-refractivity contribution in [2.45, 2.75) is 52.6 Å². The van der Waals surface area contributed by atoms with Gasteiger partial charge in [0.1, 0.15) is 5.01 Å². The summed E-state index contributed by atoms with van der Waals surface area (Å²) in [5.74, 6) is 0.249. The predicted octanol–water partition coefficient (Wildman–Crippen LogP) is 5.57. The molecule has 2 heterocycles. The summed E-state index contributed by atoms with van der Waals surface area (Å²) in [5.41, 5.74) is 3.53. The van der Waals surface area contributed by atoms with Gasteiger partial charge in [0.2, 0.25) is 5.91 Å². The van der Waals surface area contributed by atoms with Gasteiger partial charge in [-0.3, -0.25) is 4.79 Å². The van der Waals surface area contributed by atoms with Crippen LogP contribution in [0.15, 0.2) is 70.9 Å². The van der Waals surface area contributed by atoms with Crippen LogP contribution in [0.4, 0.5) is 5.69 Å². The molecular formula is C32H37N3O3S. The number of anilines is 1. The Hall–Kier alpha value is -3.68. The van der Waals surface area contributed by atoms with Crippen LogP contribution in [0.3, 0.4) is 0 Å². The zero-order valence-electron chi connectivity index (χ0n) is 23.0. The van der Waals surface area contributed by atoms with Crippen LogP contribution in [-0.4, -0.2) is 28.1 Å². The van der Waals surface area contributed by atoms with E-state index in [0.717, 1.165) is 44.3 Å². The summed E-state index contributed by atoms with van der Waals surface area (Å²) in [5, 5.41) is 21.4. The molecule has 204 valence electrons. The van der Waals surface area contributed by atoms with Crippen molar-refractivity contribution in [1.82, 2.24) is 10.3 Å². The van der Waals surface area contributed by atoms with Gasteiger partial charge in [-0.1, -0.05) is 56.7 Å². The summed E-state index contributed by atoms with van der Waals surface area (Å²) in [6.45, 7) is 8.59. The quantitative estimate of drug-likeness (QED) is 0.216. The van der Waals surface area contributed by atoms with Crippen LogP contribution in [0.25, 0.3) is 34.0 Å². The van der Waals surface area contributed by atoms with Crippen molar-refractivity contribution in [3.63, 3.8) is 0 Å². The maximum absolute atomic E-state index is 13.2. The van der Waals surface area contributed by atoms with E-state index in [9.17, 15) is 9.90 Å². The van der Waals surface area contributed by atoms with Crippen molar-refractivity contribution in [3.8, 4) is 21.7 Å². The standard InChI is InChI=1S/C32H37N3O3S/c1-5-22(2)15-25-16-28(24-11-14-38-20-24)29(17-26(25)19-33-13-12-32(3,4)37)35-30(36)18-27-21-39-31(34-27)23-9-7-6-8-10-23/h6-11,14-17,19-22,33,37H,5,12-13,18H2,1-4H3,(H,35,36)/b25-15+,26-19-.